The first kappa shape index (κ1) is 17.1. The lowest BCUT2D eigenvalue weighted by atomic mass is 10.2. The van der Waals surface area contributed by atoms with Crippen molar-refractivity contribution in [2.45, 2.75) is 0 Å². The van der Waals surface area contributed by atoms with Crippen LogP contribution in [-0.2, 0) is 0 Å². The van der Waals surface area contributed by atoms with E-state index in [4.69, 9.17) is 4.74 Å². The molecule has 0 fully saturated rings. The van der Waals surface area contributed by atoms with Gasteiger partial charge in [-0.15, -0.1) is 11.3 Å². The van der Waals surface area contributed by atoms with E-state index in [0.717, 1.165) is 15.7 Å². The molecule has 0 saturated heterocycles. The van der Waals surface area contributed by atoms with E-state index in [1.54, 1.807) is 25.3 Å². The summed E-state index contributed by atoms with van der Waals surface area (Å²) in [5.41, 5.74) is 2.32. The molecule has 0 aliphatic carbocycles. The number of aromatic nitrogens is 1. The first-order valence-corrected chi connectivity index (χ1v) is 9.40. The first-order valence-electron chi connectivity index (χ1n) is 6.93. The molecule has 1 N–H and O–H groups in total. The van der Waals surface area contributed by atoms with E-state index < -0.39 is 0 Å². The molecule has 1 aromatic heterocycles. The molecule has 3 rings (SSSR count). The van der Waals surface area contributed by atoms with E-state index in [9.17, 15) is 4.79 Å². The molecule has 0 unspecified atom stereocenters. The molecule has 7 heteroatoms. The van der Waals surface area contributed by atoms with Crippen molar-refractivity contribution in [3.8, 4) is 17.0 Å². The van der Waals surface area contributed by atoms with Gasteiger partial charge in [-0.25, -0.2) is 4.98 Å². The fourth-order valence-corrected chi connectivity index (χ4v) is 3.46. The minimum atomic E-state index is -0.238. The average molecular weight is 468 g/mol. The number of carbonyl (C=O) groups excluding carboxylic acids is 1. The Bertz CT molecular complexity index is 879. The summed E-state index contributed by atoms with van der Waals surface area (Å²) in [6.45, 7) is 0. The number of rotatable bonds is 4. The number of nitrogens with zero attached hydrogens (tertiary/aromatic N) is 1. The van der Waals surface area contributed by atoms with Crippen molar-refractivity contribution in [1.82, 2.24) is 4.98 Å². The standard InChI is InChI=1S/C17H12Br2N2O2S/c1-23-12-6-7-14(19)13(8-12)16(22)21-17-20-15(9-24-17)10-2-4-11(18)5-3-10/h2-9H,1H3,(H,20,21,22). The fraction of sp³-hybridized carbons (Fsp3) is 0.0588. The average Bonchev–Trinajstić information content (AvgIpc) is 3.04. The van der Waals surface area contributed by atoms with Crippen LogP contribution in [0, 0.1) is 0 Å². The van der Waals surface area contributed by atoms with Crippen LogP contribution in [0.4, 0.5) is 5.13 Å². The summed E-state index contributed by atoms with van der Waals surface area (Å²) in [7, 11) is 1.57. The second-order valence-corrected chi connectivity index (χ2v) is 7.47. The van der Waals surface area contributed by atoms with Crippen LogP contribution in [0.2, 0.25) is 0 Å². The number of ether oxygens (including phenoxy) is 1. The lowest BCUT2D eigenvalue weighted by Crippen LogP contribution is -2.12. The van der Waals surface area contributed by atoms with Gasteiger partial charge in [0.1, 0.15) is 5.75 Å². The van der Waals surface area contributed by atoms with E-state index in [0.29, 0.717) is 20.9 Å². The molecule has 24 heavy (non-hydrogen) atoms. The number of hydrogen-bond donors (Lipinski definition) is 1. The topological polar surface area (TPSA) is 51.2 Å². The number of halogens is 2. The maximum absolute atomic E-state index is 12.5. The molecule has 1 amide bonds. The maximum Gasteiger partial charge on any atom is 0.258 e. The van der Waals surface area contributed by atoms with Gasteiger partial charge in [0.2, 0.25) is 0 Å². The smallest absolute Gasteiger partial charge is 0.258 e. The van der Waals surface area contributed by atoms with Crippen LogP contribution in [0.15, 0.2) is 56.8 Å². The summed E-state index contributed by atoms with van der Waals surface area (Å²) in [5.74, 6) is 0.385. The predicted molar refractivity (Wildman–Crippen MR) is 104 cm³/mol. The molecule has 0 bridgehead atoms. The van der Waals surface area contributed by atoms with Gasteiger partial charge < -0.3 is 4.74 Å². The Morgan fingerprint density at radius 2 is 1.92 bits per heavy atom. The Hall–Kier alpha value is -1.70. The highest BCUT2D eigenvalue weighted by Gasteiger charge is 2.14. The van der Waals surface area contributed by atoms with Crippen LogP contribution >= 0.6 is 43.2 Å². The number of methoxy groups -OCH3 is 1. The first-order chi connectivity index (χ1) is 11.6. The van der Waals surface area contributed by atoms with Crippen LogP contribution in [0.3, 0.4) is 0 Å². The monoisotopic (exact) mass is 466 g/mol. The molecule has 3 aromatic rings. The minimum Gasteiger partial charge on any atom is -0.497 e. The third-order valence-electron chi connectivity index (χ3n) is 3.28. The van der Waals surface area contributed by atoms with Gasteiger partial charge >= 0.3 is 0 Å². The Morgan fingerprint density at radius 3 is 2.62 bits per heavy atom. The molecule has 2 aromatic carbocycles. The summed E-state index contributed by atoms with van der Waals surface area (Å²) < 4.78 is 6.88. The normalized spacial score (nSPS) is 10.5. The Balaban J connectivity index is 1.79. The molecule has 0 aliphatic rings. The van der Waals surface area contributed by atoms with Crippen molar-refractivity contribution in [2.75, 3.05) is 12.4 Å². The molecule has 0 radical (unpaired) electrons. The number of benzene rings is 2. The second-order valence-electron chi connectivity index (χ2n) is 4.84. The molecule has 0 aliphatic heterocycles. The van der Waals surface area contributed by atoms with Gasteiger partial charge in [-0.2, -0.15) is 0 Å². The molecule has 4 nitrogen and oxygen atoms in total. The fourth-order valence-electron chi connectivity index (χ4n) is 2.05. The van der Waals surface area contributed by atoms with Crippen molar-refractivity contribution in [3.05, 3.63) is 62.4 Å². The maximum atomic E-state index is 12.5. The van der Waals surface area contributed by atoms with Gasteiger partial charge in [0.25, 0.3) is 5.91 Å². The van der Waals surface area contributed by atoms with Gasteiger partial charge in [-0.3, -0.25) is 10.1 Å². The summed E-state index contributed by atoms with van der Waals surface area (Å²) in [4.78, 5) is 16.9. The Labute approximate surface area is 160 Å². The molecule has 1 heterocycles. The van der Waals surface area contributed by atoms with Crippen molar-refractivity contribution in [3.63, 3.8) is 0 Å². The van der Waals surface area contributed by atoms with Crippen LogP contribution in [0.25, 0.3) is 11.3 Å². The van der Waals surface area contributed by atoms with Gasteiger partial charge in [0, 0.05) is 19.9 Å². The number of hydrogen-bond acceptors (Lipinski definition) is 4. The molecule has 122 valence electrons. The molecule has 0 spiro atoms. The van der Waals surface area contributed by atoms with Gasteiger partial charge in [-0.1, -0.05) is 28.1 Å². The summed E-state index contributed by atoms with van der Waals surface area (Å²) in [6, 6.07) is 13.1. The highest BCUT2D eigenvalue weighted by Crippen LogP contribution is 2.28. The van der Waals surface area contributed by atoms with E-state index >= 15 is 0 Å². The lowest BCUT2D eigenvalue weighted by molar-refractivity contribution is 0.102. The van der Waals surface area contributed by atoms with E-state index in [1.165, 1.54) is 11.3 Å². The second kappa shape index (κ2) is 7.46. The van der Waals surface area contributed by atoms with Crippen LogP contribution in [0.1, 0.15) is 10.4 Å². The van der Waals surface area contributed by atoms with Crippen molar-refractivity contribution in [1.29, 1.82) is 0 Å². The number of anilines is 1. The van der Waals surface area contributed by atoms with Crippen LogP contribution in [-0.4, -0.2) is 18.0 Å². The SMILES string of the molecule is COc1ccc(Br)c(C(=O)Nc2nc(-c3ccc(Br)cc3)cs2)c1. The van der Waals surface area contributed by atoms with Crippen LogP contribution in [0.5, 0.6) is 5.75 Å². The zero-order valence-corrected chi connectivity index (χ0v) is 16.5. The third kappa shape index (κ3) is 3.85. The summed E-state index contributed by atoms with van der Waals surface area (Å²) in [6.07, 6.45) is 0. The zero-order valence-electron chi connectivity index (χ0n) is 12.5. The van der Waals surface area contributed by atoms with Gasteiger partial charge in [0.05, 0.1) is 18.4 Å². The largest absolute Gasteiger partial charge is 0.497 e. The minimum absolute atomic E-state index is 0.238. The highest BCUT2D eigenvalue weighted by molar-refractivity contribution is 9.10. The number of amides is 1. The van der Waals surface area contributed by atoms with Gasteiger partial charge in [0.15, 0.2) is 5.13 Å². The van der Waals surface area contributed by atoms with Crippen LogP contribution < -0.4 is 10.1 Å². The van der Waals surface area contributed by atoms with E-state index in [2.05, 4.69) is 42.2 Å². The highest BCUT2D eigenvalue weighted by atomic mass is 79.9. The quantitative estimate of drug-likeness (QED) is 0.543. The lowest BCUT2D eigenvalue weighted by Gasteiger charge is -2.06. The Kier molecular flexibility index (Phi) is 5.33. The predicted octanol–water partition coefficient (Wildman–Crippen LogP) is 5.60. The Morgan fingerprint density at radius 1 is 1.17 bits per heavy atom. The molecule has 0 saturated carbocycles. The summed E-state index contributed by atoms with van der Waals surface area (Å²) >= 11 is 8.18. The number of thiazole rings is 1. The third-order valence-corrected chi connectivity index (χ3v) is 5.26. The van der Waals surface area contributed by atoms with E-state index in [-0.39, 0.29) is 5.91 Å². The molecular weight excluding hydrogens is 456 g/mol. The van der Waals surface area contributed by atoms with Gasteiger partial charge in [-0.05, 0) is 46.3 Å². The molecular formula is C17H12Br2N2O2S. The zero-order chi connectivity index (χ0) is 17.1. The number of carbonyl (C=O) groups is 1. The molecule has 0 atom stereocenters. The summed E-state index contributed by atoms with van der Waals surface area (Å²) in [5, 5.41) is 5.29. The van der Waals surface area contributed by atoms with Crippen molar-refractivity contribution < 1.29 is 9.53 Å². The number of nitrogens with one attached hydrogen (secondary N) is 1. The van der Waals surface area contributed by atoms with E-state index in [1.807, 2.05) is 29.6 Å². The van der Waals surface area contributed by atoms with Crippen molar-refractivity contribution in [2.24, 2.45) is 0 Å². The van der Waals surface area contributed by atoms with Crippen molar-refractivity contribution >= 4 is 54.2 Å².